The number of nitrogens with one attached hydrogen (secondary N) is 1. The van der Waals surface area contributed by atoms with E-state index in [-0.39, 0.29) is 0 Å². The van der Waals surface area contributed by atoms with E-state index in [0.717, 1.165) is 30.0 Å². The number of rotatable bonds is 5. The van der Waals surface area contributed by atoms with Gasteiger partial charge in [0.15, 0.2) is 0 Å². The molecule has 0 saturated carbocycles. The lowest BCUT2D eigenvalue weighted by Crippen LogP contribution is -2.32. The van der Waals surface area contributed by atoms with Gasteiger partial charge in [-0.15, -0.1) is 0 Å². The quantitative estimate of drug-likeness (QED) is 0.905. The second-order valence-electron chi connectivity index (χ2n) is 6.00. The number of hydrogen-bond acceptors (Lipinski definition) is 4. The molecule has 0 spiro atoms. The van der Waals surface area contributed by atoms with E-state index < -0.39 is 11.7 Å². The van der Waals surface area contributed by atoms with Crippen LogP contribution in [0.25, 0.3) is 0 Å². The average Bonchev–Trinajstić information content (AvgIpc) is 2.37. The first-order valence-corrected chi connectivity index (χ1v) is 7.44. The van der Waals surface area contributed by atoms with Crippen molar-refractivity contribution >= 4 is 11.9 Å². The number of ether oxygens (including phenoxy) is 1. The summed E-state index contributed by atoms with van der Waals surface area (Å²) in [4.78, 5) is 18.3. The van der Waals surface area contributed by atoms with Gasteiger partial charge in [-0.1, -0.05) is 0 Å². The minimum Gasteiger partial charge on any atom is -0.444 e. The highest BCUT2D eigenvalue weighted by molar-refractivity contribution is 5.67. The highest BCUT2D eigenvalue weighted by atomic mass is 16.6. The minimum absolute atomic E-state index is 0.408. The molecule has 0 unspecified atom stereocenters. The third kappa shape index (κ3) is 5.61. The summed E-state index contributed by atoms with van der Waals surface area (Å²) in [5, 5.41) is 2.76. The molecule has 1 aromatic heterocycles. The summed E-state index contributed by atoms with van der Waals surface area (Å²) in [5.74, 6) is 0.971. The first-order chi connectivity index (χ1) is 9.76. The highest BCUT2D eigenvalue weighted by Crippen LogP contribution is 2.16. The molecule has 5 heteroatoms. The van der Waals surface area contributed by atoms with Crippen LogP contribution in [0.2, 0.25) is 0 Å². The van der Waals surface area contributed by atoms with Crippen LogP contribution in [0.1, 0.15) is 45.7 Å². The van der Waals surface area contributed by atoms with Crippen LogP contribution in [-0.4, -0.2) is 29.8 Å². The van der Waals surface area contributed by atoms with Crippen molar-refractivity contribution in [2.24, 2.45) is 0 Å². The topological polar surface area (TPSA) is 54.5 Å². The van der Waals surface area contributed by atoms with Gasteiger partial charge in [0.1, 0.15) is 11.4 Å². The van der Waals surface area contributed by atoms with E-state index in [9.17, 15) is 4.79 Å². The van der Waals surface area contributed by atoms with Crippen molar-refractivity contribution in [3.63, 3.8) is 0 Å². The van der Waals surface area contributed by atoms with Crippen molar-refractivity contribution in [3.05, 3.63) is 23.4 Å². The van der Waals surface area contributed by atoms with Crippen molar-refractivity contribution in [2.45, 2.75) is 53.7 Å². The Labute approximate surface area is 127 Å². The van der Waals surface area contributed by atoms with Crippen LogP contribution >= 0.6 is 0 Å². The van der Waals surface area contributed by atoms with Crippen molar-refractivity contribution in [1.82, 2.24) is 10.3 Å². The molecule has 1 heterocycles. The van der Waals surface area contributed by atoms with Gasteiger partial charge in [0.05, 0.1) is 0 Å². The minimum atomic E-state index is -0.482. The zero-order valence-corrected chi connectivity index (χ0v) is 14.0. The number of carbonyl (C=O) groups is 1. The summed E-state index contributed by atoms with van der Waals surface area (Å²) in [6.45, 7) is 14.1. The SMILES string of the molecule is CCN(CC)c1cc(C)c(CNC(=O)OC(C)(C)C)cn1. The summed E-state index contributed by atoms with van der Waals surface area (Å²) in [7, 11) is 0. The molecule has 0 atom stereocenters. The molecule has 118 valence electrons. The molecule has 21 heavy (non-hydrogen) atoms. The van der Waals surface area contributed by atoms with Crippen molar-refractivity contribution in [3.8, 4) is 0 Å². The Morgan fingerprint density at radius 2 is 1.95 bits per heavy atom. The predicted molar refractivity (Wildman–Crippen MR) is 85.6 cm³/mol. The summed E-state index contributed by atoms with van der Waals surface area (Å²) in [6.07, 6.45) is 1.41. The molecule has 0 aliphatic heterocycles. The first-order valence-electron chi connectivity index (χ1n) is 7.44. The maximum atomic E-state index is 11.6. The molecular formula is C16H27N3O2. The van der Waals surface area contributed by atoms with Gasteiger partial charge < -0.3 is 15.0 Å². The molecule has 0 radical (unpaired) electrons. The summed E-state index contributed by atoms with van der Waals surface area (Å²) < 4.78 is 5.22. The van der Waals surface area contributed by atoms with Gasteiger partial charge in [0.25, 0.3) is 0 Å². The van der Waals surface area contributed by atoms with Crippen LogP contribution in [0.15, 0.2) is 12.3 Å². The number of aryl methyl sites for hydroxylation is 1. The van der Waals surface area contributed by atoms with Gasteiger partial charge in [-0.05, 0) is 58.7 Å². The van der Waals surface area contributed by atoms with Gasteiger partial charge in [0.2, 0.25) is 0 Å². The second kappa shape index (κ2) is 7.29. The Bertz CT molecular complexity index is 477. The van der Waals surface area contributed by atoms with Crippen LogP contribution in [0.4, 0.5) is 10.6 Å². The van der Waals surface area contributed by atoms with Crippen LogP contribution in [0, 0.1) is 6.92 Å². The number of hydrogen-bond donors (Lipinski definition) is 1. The van der Waals surface area contributed by atoms with E-state index >= 15 is 0 Å². The standard InChI is InChI=1S/C16H27N3O2/c1-7-19(8-2)14-9-12(3)13(10-17-14)11-18-15(20)21-16(4,5)6/h9-10H,7-8,11H2,1-6H3,(H,18,20). The number of pyridine rings is 1. The summed E-state index contributed by atoms with van der Waals surface area (Å²) in [6, 6.07) is 2.05. The first kappa shape index (κ1) is 17.3. The summed E-state index contributed by atoms with van der Waals surface area (Å²) in [5.41, 5.74) is 1.63. The van der Waals surface area contributed by atoms with Crippen molar-refractivity contribution < 1.29 is 9.53 Å². The normalized spacial score (nSPS) is 11.1. The van der Waals surface area contributed by atoms with Gasteiger partial charge in [-0.25, -0.2) is 9.78 Å². The molecule has 0 bridgehead atoms. The van der Waals surface area contributed by atoms with E-state index in [2.05, 4.69) is 35.1 Å². The highest BCUT2D eigenvalue weighted by Gasteiger charge is 2.16. The molecule has 0 aliphatic rings. The zero-order valence-electron chi connectivity index (χ0n) is 14.0. The molecule has 0 aromatic carbocycles. The maximum absolute atomic E-state index is 11.6. The van der Waals surface area contributed by atoms with Gasteiger partial charge in [0, 0.05) is 25.8 Å². The van der Waals surface area contributed by atoms with Gasteiger partial charge in [-0.2, -0.15) is 0 Å². The van der Waals surface area contributed by atoms with E-state index in [1.807, 2.05) is 33.9 Å². The second-order valence-corrected chi connectivity index (χ2v) is 6.00. The molecule has 1 amide bonds. The molecular weight excluding hydrogens is 266 g/mol. The van der Waals surface area contributed by atoms with E-state index in [1.165, 1.54) is 0 Å². The van der Waals surface area contributed by atoms with E-state index in [4.69, 9.17) is 4.74 Å². The molecule has 1 rings (SSSR count). The molecule has 0 aliphatic carbocycles. The third-order valence-electron chi connectivity index (χ3n) is 3.11. The smallest absolute Gasteiger partial charge is 0.407 e. The van der Waals surface area contributed by atoms with E-state index in [0.29, 0.717) is 6.54 Å². The zero-order chi connectivity index (χ0) is 16.0. The lowest BCUT2D eigenvalue weighted by Gasteiger charge is -2.21. The predicted octanol–water partition coefficient (Wildman–Crippen LogP) is 3.26. The Morgan fingerprint density at radius 3 is 2.43 bits per heavy atom. The lowest BCUT2D eigenvalue weighted by atomic mass is 10.1. The Hall–Kier alpha value is -1.78. The number of amides is 1. The Kier molecular flexibility index (Phi) is 6.00. The van der Waals surface area contributed by atoms with Crippen molar-refractivity contribution in [2.75, 3.05) is 18.0 Å². The molecule has 5 nitrogen and oxygen atoms in total. The van der Waals surface area contributed by atoms with Crippen LogP contribution < -0.4 is 10.2 Å². The van der Waals surface area contributed by atoms with Crippen LogP contribution in [-0.2, 0) is 11.3 Å². The average molecular weight is 293 g/mol. The Morgan fingerprint density at radius 1 is 1.33 bits per heavy atom. The maximum Gasteiger partial charge on any atom is 0.407 e. The van der Waals surface area contributed by atoms with Gasteiger partial charge in [-0.3, -0.25) is 0 Å². The Balaban J connectivity index is 2.67. The monoisotopic (exact) mass is 293 g/mol. The fourth-order valence-corrected chi connectivity index (χ4v) is 1.96. The fraction of sp³-hybridized carbons (Fsp3) is 0.625. The largest absolute Gasteiger partial charge is 0.444 e. The molecule has 1 N–H and O–H groups in total. The number of nitrogens with zero attached hydrogens (tertiary/aromatic N) is 2. The summed E-state index contributed by atoms with van der Waals surface area (Å²) >= 11 is 0. The van der Waals surface area contributed by atoms with Gasteiger partial charge >= 0.3 is 6.09 Å². The number of aromatic nitrogens is 1. The lowest BCUT2D eigenvalue weighted by molar-refractivity contribution is 0.0523. The van der Waals surface area contributed by atoms with Crippen LogP contribution in [0.3, 0.4) is 0 Å². The number of alkyl carbamates (subject to hydrolysis) is 1. The fourth-order valence-electron chi connectivity index (χ4n) is 1.96. The number of carbonyl (C=O) groups excluding carboxylic acids is 1. The number of anilines is 1. The van der Waals surface area contributed by atoms with E-state index in [1.54, 1.807) is 0 Å². The molecule has 1 aromatic rings. The molecule has 0 fully saturated rings. The molecule has 0 saturated heterocycles. The van der Waals surface area contributed by atoms with Crippen LogP contribution in [0.5, 0.6) is 0 Å². The third-order valence-corrected chi connectivity index (χ3v) is 3.11. The van der Waals surface area contributed by atoms with Crippen molar-refractivity contribution in [1.29, 1.82) is 0 Å².